The van der Waals surface area contributed by atoms with Gasteiger partial charge < -0.3 is 23.7 Å². The molecule has 6 nitrogen and oxygen atoms in total. The Morgan fingerprint density at radius 1 is 0.739 bits per heavy atom. The number of carbonyl (C=O) groups is 1. The van der Waals surface area contributed by atoms with Crippen LogP contribution in [0.25, 0.3) is 0 Å². The Hall–Kier alpha value is -1.47. The van der Waals surface area contributed by atoms with Crippen molar-refractivity contribution in [3.8, 4) is 5.75 Å². The highest BCUT2D eigenvalue weighted by atomic mass is 16.6. The predicted molar refractivity (Wildman–Crippen MR) is 86.3 cm³/mol. The SMILES string of the molecule is CCOCCOCCOCCOCCOc1ccc(C=O)cc1. The number of carbonyl (C=O) groups excluding carboxylic acids is 1. The molecule has 0 aliphatic carbocycles. The van der Waals surface area contributed by atoms with Crippen molar-refractivity contribution >= 4 is 6.29 Å². The Kier molecular flexibility index (Phi) is 12.0. The van der Waals surface area contributed by atoms with Gasteiger partial charge in [-0.2, -0.15) is 0 Å². The molecule has 0 bridgehead atoms. The van der Waals surface area contributed by atoms with Gasteiger partial charge in [0.2, 0.25) is 0 Å². The second-order valence-electron chi connectivity index (χ2n) is 4.57. The van der Waals surface area contributed by atoms with Crippen LogP contribution in [0.15, 0.2) is 24.3 Å². The summed E-state index contributed by atoms with van der Waals surface area (Å²) in [5.41, 5.74) is 0.632. The normalized spacial score (nSPS) is 10.7. The van der Waals surface area contributed by atoms with Crippen molar-refractivity contribution in [1.29, 1.82) is 0 Å². The molecule has 0 saturated carbocycles. The first-order valence-electron chi connectivity index (χ1n) is 7.86. The van der Waals surface area contributed by atoms with Gasteiger partial charge in [-0.1, -0.05) is 0 Å². The maximum absolute atomic E-state index is 10.5. The van der Waals surface area contributed by atoms with Crippen LogP contribution >= 0.6 is 0 Å². The molecule has 1 aromatic rings. The van der Waals surface area contributed by atoms with Crippen LogP contribution in [0.5, 0.6) is 5.75 Å². The van der Waals surface area contributed by atoms with Crippen LogP contribution in [0.2, 0.25) is 0 Å². The van der Waals surface area contributed by atoms with Crippen LogP contribution in [0.3, 0.4) is 0 Å². The summed E-state index contributed by atoms with van der Waals surface area (Å²) in [6.45, 7) is 7.00. The highest BCUT2D eigenvalue weighted by Crippen LogP contribution is 2.10. The minimum absolute atomic E-state index is 0.459. The number of hydrogen-bond acceptors (Lipinski definition) is 6. The Morgan fingerprint density at radius 3 is 1.70 bits per heavy atom. The van der Waals surface area contributed by atoms with Gasteiger partial charge in [0.05, 0.1) is 46.2 Å². The highest BCUT2D eigenvalue weighted by molar-refractivity contribution is 5.74. The van der Waals surface area contributed by atoms with E-state index in [9.17, 15) is 4.79 Å². The molecule has 6 heteroatoms. The van der Waals surface area contributed by atoms with Gasteiger partial charge in [-0.25, -0.2) is 0 Å². The first-order chi connectivity index (χ1) is 11.4. The molecule has 0 N–H and O–H groups in total. The average Bonchev–Trinajstić information content (AvgIpc) is 2.59. The van der Waals surface area contributed by atoms with Crippen LogP contribution in [0.1, 0.15) is 17.3 Å². The van der Waals surface area contributed by atoms with Gasteiger partial charge in [-0.05, 0) is 31.2 Å². The fourth-order valence-electron chi connectivity index (χ4n) is 1.67. The van der Waals surface area contributed by atoms with Crippen molar-refractivity contribution < 1.29 is 28.5 Å². The summed E-state index contributed by atoms with van der Waals surface area (Å²) < 4.78 is 26.7. The number of aldehydes is 1. The van der Waals surface area contributed by atoms with E-state index in [1.54, 1.807) is 24.3 Å². The molecule has 23 heavy (non-hydrogen) atoms. The van der Waals surface area contributed by atoms with Crippen molar-refractivity contribution in [2.45, 2.75) is 6.92 Å². The van der Waals surface area contributed by atoms with E-state index in [2.05, 4.69) is 0 Å². The molecule has 0 aliphatic heterocycles. The summed E-state index contributed by atoms with van der Waals surface area (Å²) >= 11 is 0. The largest absolute Gasteiger partial charge is 0.491 e. The molecular formula is C17H26O6. The van der Waals surface area contributed by atoms with Gasteiger partial charge in [0.1, 0.15) is 18.6 Å². The summed E-state index contributed by atoms with van der Waals surface area (Å²) in [7, 11) is 0. The molecule has 0 unspecified atom stereocenters. The standard InChI is InChI=1S/C17H26O6/c1-2-19-7-8-20-9-10-21-11-12-22-13-14-23-17-5-3-16(15-18)4-6-17/h3-6,15H,2,7-14H2,1H3. The van der Waals surface area contributed by atoms with Gasteiger partial charge in [0.15, 0.2) is 0 Å². The molecule has 0 atom stereocenters. The highest BCUT2D eigenvalue weighted by Gasteiger charge is 1.95. The number of rotatable bonds is 15. The van der Waals surface area contributed by atoms with Crippen LogP contribution < -0.4 is 4.74 Å². The molecule has 0 saturated heterocycles. The summed E-state index contributed by atoms with van der Waals surface area (Å²) in [6, 6.07) is 6.96. The van der Waals surface area contributed by atoms with Gasteiger partial charge in [0.25, 0.3) is 0 Å². The number of benzene rings is 1. The third kappa shape index (κ3) is 10.8. The van der Waals surface area contributed by atoms with Crippen molar-refractivity contribution in [3.63, 3.8) is 0 Å². The lowest BCUT2D eigenvalue weighted by Crippen LogP contribution is -2.13. The third-order valence-corrected chi connectivity index (χ3v) is 2.83. The molecule has 0 heterocycles. The molecule has 0 aromatic heterocycles. The zero-order chi connectivity index (χ0) is 16.6. The van der Waals surface area contributed by atoms with Gasteiger partial charge in [-0.3, -0.25) is 4.79 Å². The van der Waals surface area contributed by atoms with Crippen molar-refractivity contribution in [2.24, 2.45) is 0 Å². The number of hydrogen-bond donors (Lipinski definition) is 0. The molecule has 130 valence electrons. The minimum Gasteiger partial charge on any atom is -0.491 e. The van der Waals surface area contributed by atoms with E-state index >= 15 is 0 Å². The van der Waals surface area contributed by atoms with E-state index in [0.29, 0.717) is 65.0 Å². The zero-order valence-electron chi connectivity index (χ0n) is 13.7. The molecule has 1 rings (SSSR count). The van der Waals surface area contributed by atoms with Crippen molar-refractivity contribution in [1.82, 2.24) is 0 Å². The van der Waals surface area contributed by atoms with Crippen molar-refractivity contribution in [2.75, 3.05) is 59.5 Å². The van der Waals surface area contributed by atoms with E-state index < -0.39 is 0 Å². The smallest absolute Gasteiger partial charge is 0.150 e. The lowest BCUT2D eigenvalue weighted by atomic mass is 10.2. The van der Waals surface area contributed by atoms with Crippen LogP contribution in [-0.4, -0.2) is 65.7 Å². The van der Waals surface area contributed by atoms with Crippen molar-refractivity contribution in [3.05, 3.63) is 29.8 Å². The van der Waals surface area contributed by atoms with Gasteiger partial charge in [0, 0.05) is 12.2 Å². The topological polar surface area (TPSA) is 63.2 Å². The Balaban J connectivity index is 1.83. The second-order valence-corrected chi connectivity index (χ2v) is 4.57. The molecule has 0 spiro atoms. The number of ether oxygens (including phenoxy) is 5. The van der Waals surface area contributed by atoms with Crippen LogP contribution in [0.4, 0.5) is 0 Å². The Labute approximate surface area is 137 Å². The Morgan fingerprint density at radius 2 is 1.22 bits per heavy atom. The molecule has 0 fully saturated rings. The van der Waals surface area contributed by atoms with Gasteiger partial charge in [-0.15, -0.1) is 0 Å². The lowest BCUT2D eigenvalue weighted by molar-refractivity contribution is -0.00342. The maximum Gasteiger partial charge on any atom is 0.150 e. The van der Waals surface area contributed by atoms with Crippen LogP contribution in [-0.2, 0) is 18.9 Å². The third-order valence-electron chi connectivity index (χ3n) is 2.83. The summed E-state index contributed by atoms with van der Waals surface area (Å²) in [4.78, 5) is 10.5. The summed E-state index contributed by atoms with van der Waals surface area (Å²) in [6.07, 6.45) is 0.802. The predicted octanol–water partition coefficient (Wildman–Crippen LogP) is 1.96. The molecule has 1 aromatic carbocycles. The minimum atomic E-state index is 0.459. The first kappa shape index (κ1) is 19.6. The molecule has 0 radical (unpaired) electrons. The van der Waals surface area contributed by atoms with E-state index in [-0.39, 0.29) is 0 Å². The first-order valence-corrected chi connectivity index (χ1v) is 7.86. The van der Waals surface area contributed by atoms with E-state index in [4.69, 9.17) is 23.7 Å². The van der Waals surface area contributed by atoms with E-state index in [1.165, 1.54) is 0 Å². The fraction of sp³-hybridized carbons (Fsp3) is 0.588. The summed E-state index contributed by atoms with van der Waals surface area (Å²) in [5.74, 6) is 0.722. The quantitative estimate of drug-likeness (QED) is 0.363. The fourth-order valence-corrected chi connectivity index (χ4v) is 1.67. The lowest BCUT2D eigenvalue weighted by Gasteiger charge is -2.08. The van der Waals surface area contributed by atoms with Crippen LogP contribution in [0, 0.1) is 0 Å². The maximum atomic E-state index is 10.5. The Bertz CT molecular complexity index is 393. The average molecular weight is 326 g/mol. The second kappa shape index (κ2) is 14.1. The monoisotopic (exact) mass is 326 g/mol. The zero-order valence-corrected chi connectivity index (χ0v) is 13.7. The van der Waals surface area contributed by atoms with Gasteiger partial charge >= 0.3 is 0 Å². The molecule has 0 aliphatic rings. The molecular weight excluding hydrogens is 300 g/mol. The van der Waals surface area contributed by atoms with E-state index in [1.807, 2.05) is 6.92 Å². The van der Waals surface area contributed by atoms with E-state index in [0.717, 1.165) is 12.0 Å². The molecule has 0 amide bonds. The summed E-state index contributed by atoms with van der Waals surface area (Å²) in [5, 5.41) is 0.